The molecule has 0 heterocycles. The predicted octanol–water partition coefficient (Wildman–Crippen LogP) is 3.60. The van der Waals surface area contributed by atoms with Gasteiger partial charge in [-0.3, -0.25) is 0 Å². The normalized spacial score (nSPS) is 12.4. The van der Waals surface area contributed by atoms with Crippen LogP contribution < -0.4 is 0 Å². The standard InChI is InChI=1S/C12H26O2/c1-6-9-10-12(11(4)5,13-7-2)14-8-3/h11H,6-10H2,1-5H3. The van der Waals surface area contributed by atoms with Gasteiger partial charge in [0.15, 0.2) is 5.79 Å². The largest absolute Gasteiger partial charge is 0.350 e. The van der Waals surface area contributed by atoms with Gasteiger partial charge in [-0.25, -0.2) is 0 Å². The average molecular weight is 202 g/mol. The molecule has 0 bridgehead atoms. The molecule has 0 fully saturated rings. The Labute approximate surface area is 89.0 Å². The Morgan fingerprint density at radius 1 is 1.00 bits per heavy atom. The maximum absolute atomic E-state index is 5.81. The minimum absolute atomic E-state index is 0.348. The van der Waals surface area contributed by atoms with Gasteiger partial charge in [-0.1, -0.05) is 27.2 Å². The average Bonchev–Trinajstić information content (AvgIpc) is 2.14. The highest BCUT2D eigenvalue weighted by molar-refractivity contribution is 4.74. The van der Waals surface area contributed by atoms with Gasteiger partial charge >= 0.3 is 0 Å². The van der Waals surface area contributed by atoms with Crippen molar-refractivity contribution in [3.63, 3.8) is 0 Å². The van der Waals surface area contributed by atoms with Gasteiger partial charge in [0.05, 0.1) is 0 Å². The van der Waals surface area contributed by atoms with E-state index in [0.717, 1.165) is 26.1 Å². The highest BCUT2D eigenvalue weighted by Crippen LogP contribution is 2.29. The monoisotopic (exact) mass is 202 g/mol. The van der Waals surface area contributed by atoms with E-state index in [1.165, 1.54) is 6.42 Å². The molecule has 86 valence electrons. The second-order valence-corrected chi connectivity index (χ2v) is 3.94. The van der Waals surface area contributed by atoms with E-state index in [-0.39, 0.29) is 5.79 Å². The first-order valence-corrected chi connectivity index (χ1v) is 5.90. The van der Waals surface area contributed by atoms with E-state index in [1.54, 1.807) is 0 Å². The fraction of sp³-hybridized carbons (Fsp3) is 1.00. The molecule has 2 heteroatoms. The van der Waals surface area contributed by atoms with E-state index < -0.39 is 0 Å². The van der Waals surface area contributed by atoms with E-state index in [2.05, 4.69) is 20.8 Å². The third kappa shape index (κ3) is 3.97. The van der Waals surface area contributed by atoms with Crippen LogP contribution in [0.25, 0.3) is 0 Å². The van der Waals surface area contributed by atoms with Crippen LogP contribution >= 0.6 is 0 Å². The first-order chi connectivity index (χ1) is 6.63. The Bertz CT molecular complexity index is 126. The van der Waals surface area contributed by atoms with E-state index in [4.69, 9.17) is 9.47 Å². The third-order valence-electron chi connectivity index (χ3n) is 2.54. The van der Waals surface area contributed by atoms with Crippen LogP contribution in [0.2, 0.25) is 0 Å². The van der Waals surface area contributed by atoms with E-state index >= 15 is 0 Å². The molecule has 0 aliphatic carbocycles. The van der Waals surface area contributed by atoms with Crippen LogP contribution in [0.3, 0.4) is 0 Å². The van der Waals surface area contributed by atoms with E-state index in [1.807, 2.05) is 13.8 Å². The van der Waals surface area contributed by atoms with Crippen molar-refractivity contribution in [3.05, 3.63) is 0 Å². The number of hydrogen-bond donors (Lipinski definition) is 0. The number of unbranched alkanes of at least 4 members (excludes halogenated alkanes) is 1. The summed E-state index contributed by atoms with van der Waals surface area (Å²) < 4.78 is 11.6. The Kier molecular flexibility index (Phi) is 7.20. The summed E-state index contributed by atoms with van der Waals surface area (Å²) in [5.74, 6) is 0.0634. The van der Waals surface area contributed by atoms with Crippen LogP contribution in [0, 0.1) is 5.92 Å². The van der Waals surface area contributed by atoms with Gasteiger partial charge in [-0.05, 0) is 20.3 Å². The van der Waals surface area contributed by atoms with Crippen molar-refractivity contribution in [3.8, 4) is 0 Å². The lowest BCUT2D eigenvalue weighted by molar-refractivity contribution is -0.261. The Morgan fingerprint density at radius 3 is 1.79 bits per heavy atom. The molecule has 2 nitrogen and oxygen atoms in total. The van der Waals surface area contributed by atoms with E-state index in [9.17, 15) is 0 Å². The highest BCUT2D eigenvalue weighted by Gasteiger charge is 2.34. The molecule has 0 saturated carbocycles. The van der Waals surface area contributed by atoms with Crippen LogP contribution in [0.4, 0.5) is 0 Å². The van der Waals surface area contributed by atoms with Crippen LogP contribution in [0.5, 0.6) is 0 Å². The molecule has 0 amide bonds. The number of ether oxygens (including phenoxy) is 2. The molecule has 0 aliphatic rings. The summed E-state index contributed by atoms with van der Waals surface area (Å²) in [7, 11) is 0. The molecule has 0 aliphatic heterocycles. The number of rotatable bonds is 8. The summed E-state index contributed by atoms with van der Waals surface area (Å²) in [5, 5.41) is 0. The molecule has 0 saturated heterocycles. The minimum atomic E-state index is -0.348. The molecule has 14 heavy (non-hydrogen) atoms. The van der Waals surface area contributed by atoms with Gasteiger partial charge in [0.1, 0.15) is 0 Å². The summed E-state index contributed by atoms with van der Waals surface area (Å²) in [5.41, 5.74) is 0. The summed E-state index contributed by atoms with van der Waals surface area (Å²) in [4.78, 5) is 0. The molecule has 0 radical (unpaired) electrons. The van der Waals surface area contributed by atoms with Gasteiger partial charge in [-0.15, -0.1) is 0 Å². The fourth-order valence-corrected chi connectivity index (χ4v) is 1.72. The van der Waals surface area contributed by atoms with Gasteiger partial charge in [0.2, 0.25) is 0 Å². The minimum Gasteiger partial charge on any atom is -0.350 e. The zero-order chi connectivity index (χ0) is 11.0. The van der Waals surface area contributed by atoms with Gasteiger partial charge in [0.25, 0.3) is 0 Å². The van der Waals surface area contributed by atoms with Gasteiger partial charge in [0, 0.05) is 25.6 Å². The SMILES string of the molecule is CCCCC(OCC)(OCC)C(C)C. The molecule has 0 rings (SSSR count). The third-order valence-corrected chi connectivity index (χ3v) is 2.54. The fourth-order valence-electron chi connectivity index (χ4n) is 1.72. The summed E-state index contributed by atoms with van der Waals surface area (Å²) in [6.45, 7) is 12.0. The van der Waals surface area contributed by atoms with Crippen molar-refractivity contribution in [2.45, 2.75) is 59.7 Å². The highest BCUT2D eigenvalue weighted by atomic mass is 16.7. The Morgan fingerprint density at radius 2 is 1.50 bits per heavy atom. The molecular formula is C12H26O2. The molecule has 0 spiro atoms. The molecule has 0 aromatic rings. The van der Waals surface area contributed by atoms with Crippen LogP contribution in [0.1, 0.15) is 53.9 Å². The van der Waals surface area contributed by atoms with Crippen molar-refractivity contribution < 1.29 is 9.47 Å². The Hall–Kier alpha value is -0.0800. The molecular weight excluding hydrogens is 176 g/mol. The summed E-state index contributed by atoms with van der Waals surface area (Å²) in [6.07, 6.45) is 3.36. The maximum Gasteiger partial charge on any atom is 0.170 e. The molecule has 0 aromatic carbocycles. The lowest BCUT2D eigenvalue weighted by Crippen LogP contribution is -2.41. The first kappa shape index (κ1) is 13.9. The summed E-state index contributed by atoms with van der Waals surface area (Å²) >= 11 is 0. The summed E-state index contributed by atoms with van der Waals surface area (Å²) in [6, 6.07) is 0. The van der Waals surface area contributed by atoms with Crippen molar-refractivity contribution in [2.75, 3.05) is 13.2 Å². The van der Waals surface area contributed by atoms with Crippen molar-refractivity contribution >= 4 is 0 Å². The van der Waals surface area contributed by atoms with Crippen molar-refractivity contribution in [1.29, 1.82) is 0 Å². The van der Waals surface area contributed by atoms with Gasteiger partial charge in [-0.2, -0.15) is 0 Å². The molecule has 0 unspecified atom stereocenters. The first-order valence-electron chi connectivity index (χ1n) is 5.90. The molecule has 0 atom stereocenters. The molecule has 0 aromatic heterocycles. The van der Waals surface area contributed by atoms with Crippen LogP contribution in [-0.2, 0) is 9.47 Å². The second-order valence-electron chi connectivity index (χ2n) is 3.94. The maximum atomic E-state index is 5.81. The lowest BCUT2D eigenvalue weighted by Gasteiger charge is -2.37. The predicted molar refractivity (Wildman–Crippen MR) is 60.3 cm³/mol. The topological polar surface area (TPSA) is 18.5 Å². The zero-order valence-electron chi connectivity index (χ0n) is 10.4. The number of hydrogen-bond acceptors (Lipinski definition) is 2. The van der Waals surface area contributed by atoms with Crippen molar-refractivity contribution in [1.82, 2.24) is 0 Å². The smallest absolute Gasteiger partial charge is 0.170 e. The second kappa shape index (κ2) is 7.24. The van der Waals surface area contributed by atoms with Crippen LogP contribution in [0.15, 0.2) is 0 Å². The van der Waals surface area contributed by atoms with Crippen LogP contribution in [-0.4, -0.2) is 19.0 Å². The quantitative estimate of drug-likeness (QED) is 0.560. The Balaban J connectivity index is 4.38. The zero-order valence-corrected chi connectivity index (χ0v) is 10.4. The molecule has 0 N–H and O–H groups in total. The van der Waals surface area contributed by atoms with Crippen molar-refractivity contribution in [2.24, 2.45) is 5.92 Å². The lowest BCUT2D eigenvalue weighted by atomic mass is 9.96. The van der Waals surface area contributed by atoms with E-state index in [0.29, 0.717) is 5.92 Å². The van der Waals surface area contributed by atoms with Gasteiger partial charge < -0.3 is 9.47 Å².